The Hall–Kier alpha value is -2.07. The molecule has 138 valence electrons. The van der Waals surface area contributed by atoms with E-state index in [0.717, 1.165) is 49.0 Å². The molecule has 0 unspecified atom stereocenters. The number of nitrogens with zero attached hydrogens (tertiary/aromatic N) is 3. The summed E-state index contributed by atoms with van der Waals surface area (Å²) in [6, 6.07) is 13.1. The summed E-state index contributed by atoms with van der Waals surface area (Å²) in [5.74, 6) is 0.165. The molecule has 1 amide bonds. The first kappa shape index (κ1) is 17.3. The van der Waals surface area contributed by atoms with Crippen molar-refractivity contribution in [1.29, 1.82) is 0 Å². The average Bonchev–Trinajstić information content (AvgIpc) is 3.10. The molecule has 2 fully saturated rings. The van der Waals surface area contributed by atoms with Crippen molar-refractivity contribution in [2.24, 2.45) is 7.05 Å². The van der Waals surface area contributed by atoms with Gasteiger partial charge in [-0.15, -0.1) is 0 Å². The summed E-state index contributed by atoms with van der Waals surface area (Å²) in [5, 5.41) is 0. The van der Waals surface area contributed by atoms with Gasteiger partial charge in [0.1, 0.15) is 5.69 Å². The first-order valence-electron chi connectivity index (χ1n) is 9.97. The predicted molar refractivity (Wildman–Crippen MR) is 105 cm³/mol. The van der Waals surface area contributed by atoms with Crippen molar-refractivity contribution < 1.29 is 4.79 Å². The fourth-order valence-electron chi connectivity index (χ4n) is 4.46. The molecular formula is C22H29N3O. The highest BCUT2D eigenvalue weighted by molar-refractivity contribution is 5.94. The van der Waals surface area contributed by atoms with Crippen LogP contribution in [0.15, 0.2) is 42.6 Å². The fourth-order valence-corrected chi connectivity index (χ4v) is 4.46. The van der Waals surface area contributed by atoms with Crippen LogP contribution in [0.3, 0.4) is 0 Å². The number of piperazine rings is 1. The number of aryl methyl sites for hydroxylation is 1. The van der Waals surface area contributed by atoms with E-state index in [1.807, 2.05) is 40.8 Å². The molecule has 4 nitrogen and oxygen atoms in total. The Balaban J connectivity index is 1.41. The molecule has 1 saturated carbocycles. The lowest BCUT2D eigenvalue weighted by atomic mass is 9.94. The minimum absolute atomic E-state index is 0.165. The molecule has 0 radical (unpaired) electrons. The van der Waals surface area contributed by atoms with Gasteiger partial charge in [-0.25, -0.2) is 0 Å². The summed E-state index contributed by atoms with van der Waals surface area (Å²) < 4.78 is 1.97. The zero-order valence-corrected chi connectivity index (χ0v) is 15.7. The molecule has 1 aliphatic heterocycles. The van der Waals surface area contributed by atoms with Crippen LogP contribution >= 0.6 is 0 Å². The highest BCUT2D eigenvalue weighted by atomic mass is 16.2. The number of rotatable bonds is 3. The Morgan fingerprint density at radius 2 is 1.62 bits per heavy atom. The number of amides is 1. The summed E-state index contributed by atoms with van der Waals surface area (Å²) >= 11 is 0. The molecule has 1 aromatic heterocycles. The van der Waals surface area contributed by atoms with Crippen LogP contribution < -0.4 is 0 Å². The first-order chi connectivity index (χ1) is 12.7. The Morgan fingerprint density at radius 3 is 2.31 bits per heavy atom. The second-order valence-electron chi connectivity index (χ2n) is 7.71. The largest absolute Gasteiger partial charge is 0.346 e. The van der Waals surface area contributed by atoms with Gasteiger partial charge in [0.15, 0.2) is 0 Å². The van der Waals surface area contributed by atoms with E-state index in [4.69, 9.17) is 0 Å². The van der Waals surface area contributed by atoms with Crippen LogP contribution in [0.2, 0.25) is 0 Å². The standard InChI is InChI=1S/C22H29N3O/c1-23-17-19(18-8-4-2-5-9-18)16-21(23)22(26)25-14-12-24(13-15-25)20-10-6-3-7-11-20/h2,4-5,8-9,16-17,20H,3,6-7,10-15H2,1H3. The summed E-state index contributed by atoms with van der Waals surface area (Å²) in [7, 11) is 1.97. The van der Waals surface area contributed by atoms with Crippen molar-refractivity contribution in [3.8, 4) is 11.1 Å². The molecule has 0 N–H and O–H groups in total. The Labute approximate surface area is 156 Å². The molecule has 2 aromatic rings. The molecule has 1 saturated heterocycles. The van der Waals surface area contributed by atoms with Gasteiger partial charge in [0, 0.05) is 51.0 Å². The highest BCUT2D eigenvalue weighted by Crippen LogP contribution is 2.25. The number of hydrogen-bond donors (Lipinski definition) is 0. The molecule has 26 heavy (non-hydrogen) atoms. The Morgan fingerprint density at radius 1 is 0.923 bits per heavy atom. The molecule has 0 bridgehead atoms. The lowest BCUT2D eigenvalue weighted by Crippen LogP contribution is -2.52. The van der Waals surface area contributed by atoms with E-state index in [9.17, 15) is 4.79 Å². The average molecular weight is 351 g/mol. The quantitative estimate of drug-likeness (QED) is 0.842. The van der Waals surface area contributed by atoms with Crippen LogP contribution in [0.4, 0.5) is 0 Å². The van der Waals surface area contributed by atoms with Gasteiger partial charge in [-0.2, -0.15) is 0 Å². The topological polar surface area (TPSA) is 28.5 Å². The van der Waals surface area contributed by atoms with Crippen molar-refractivity contribution >= 4 is 5.91 Å². The predicted octanol–water partition coefficient (Wildman–Crippen LogP) is 3.78. The van der Waals surface area contributed by atoms with E-state index in [1.165, 1.54) is 32.1 Å². The van der Waals surface area contributed by atoms with Gasteiger partial charge >= 0.3 is 0 Å². The van der Waals surface area contributed by atoms with Crippen LogP contribution in [0, 0.1) is 0 Å². The van der Waals surface area contributed by atoms with Crippen molar-refractivity contribution in [2.75, 3.05) is 26.2 Å². The molecule has 4 rings (SSSR count). The third-order valence-corrected chi connectivity index (χ3v) is 6.02. The van der Waals surface area contributed by atoms with Gasteiger partial charge in [0.2, 0.25) is 0 Å². The van der Waals surface area contributed by atoms with Crippen molar-refractivity contribution in [3.05, 3.63) is 48.3 Å². The van der Waals surface area contributed by atoms with Crippen LogP contribution in [0.5, 0.6) is 0 Å². The van der Waals surface area contributed by atoms with Crippen LogP contribution in [-0.2, 0) is 7.05 Å². The number of carbonyl (C=O) groups is 1. The summed E-state index contributed by atoms with van der Waals surface area (Å²) in [5.41, 5.74) is 3.05. The van der Waals surface area contributed by atoms with Gasteiger partial charge in [0.05, 0.1) is 0 Å². The van der Waals surface area contributed by atoms with Gasteiger partial charge in [-0.05, 0) is 24.5 Å². The van der Waals surface area contributed by atoms with E-state index in [0.29, 0.717) is 0 Å². The molecular weight excluding hydrogens is 322 g/mol. The molecule has 4 heteroatoms. The summed E-state index contributed by atoms with van der Waals surface area (Å²) in [6.07, 6.45) is 8.87. The minimum Gasteiger partial charge on any atom is -0.346 e. The van der Waals surface area contributed by atoms with Crippen LogP contribution in [0.1, 0.15) is 42.6 Å². The second kappa shape index (κ2) is 7.67. The number of carbonyl (C=O) groups excluding carboxylic acids is 1. The normalized spacial score (nSPS) is 19.7. The lowest BCUT2D eigenvalue weighted by Gasteiger charge is -2.40. The maximum absolute atomic E-state index is 13.0. The van der Waals surface area contributed by atoms with Crippen LogP contribution in [-0.4, -0.2) is 52.5 Å². The van der Waals surface area contributed by atoms with Gasteiger partial charge in [-0.1, -0.05) is 49.6 Å². The SMILES string of the molecule is Cn1cc(-c2ccccc2)cc1C(=O)N1CCN(C2CCCCC2)CC1. The summed E-state index contributed by atoms with van der Waals surface area (Å²) in [6.45, 7) is 3.74. The Kier molecular flexibility index (Phi) is 5.11. The zero-order chi connectivity index (χ0) is 17.9. The maximum atomic E-state index is 13.0. The van der Waals surface area contributed by atoms with Gasteiger partial charge < -0.3 is 9.47 Å². The Bertz CT molecular complexity index is 738. The minimum atomic E-state index is 0.165. The van der Waals surface area contributed by atoms with E-state index in [2.05, 4.69) is 23.2 Å². The second-order valence-corrected chi connectivity index (χ2v) is 7.71. The molecule has 0 atom stereocenters. The van der Waals surface area contributed by atoms with Gasteiger partial charge in [-0.3, -0.25) is 9.69 Å². The van der Waals surface area contributed by atoms with E-state index >= 15 is 0 Å². The molecule has 1 aromatic carbocycles. The van der Waals surface area contributed by atoms with E-state index in [-0.39, 0.29) is 5.91 Å². The van der Waals surface area contributed by atoms with Crippen molar-refractivity contribution in [1.82, 2.24) is 14.4 Å². The first-order valence-corrected chi connectivity index (χ1v) is 9.97. The number of aromatic nitrogens is 1. The maximum Gasteiger partial charge on any atom is 0.270 e. The zero-order valence-electron chi connectivity index (χ0n) is 15.7. The summed E-state index contributed by atoms with van der Waals surface area (Å²) in [4.78, 5) is 17.7. The van der Waals surface area contributed by atoms with E-state index in [1.54, 1.807) is 0 Å². The number of benzene rings is 1. The monoisotopic (exact) mass is 351 g/mol. The lowest BCUT2D eigenvalue weighted by molar-refractivity contribution is 0.0515. The van der Waals surface area contributed by atoms with Gasteiger partial charge in [0.25, 0.3) is 5.91 Å². The highest BCUT2D eigenvalue weighted by Gasteiger charge is 2.28. The van der Waals surface area contributed by atoms with Crippen molar-refractivity contribution in [3.63, 3.8) is 0 Å². The molecule has 2 aliphatic rings. The third-order valence-electron chi connectivity index (χ3n) is 6.02. The molecule has 0 spiro atoms. The smallest absolute Gasteiger partial charge is 0.270 e. The van der Waals surface area contributed by atoms with E-state index < -0.39 is 0 Å². The molecule has 2 heterocycles. The molecule has 1 aliphatic carbocycles. The third kappa shape index (κ3) is 3.56. The number of hydrogen-bond acceptors (Lipinski definition) is 2. The van der Waals surface area contributed by atoms with Crippen molar-refractivity contribution in [2.45, 2.75) is 38.1 Å². The fraction of sp³-hybridized carbons (Fsp3) is 0.500. The van der Waals surface area contributed by atoms with Crippen LogP contribution in [0.25, 0.3) is 11.1 Å².